The highest BCUT2D eigenvalue weighted by atomic mass is 14.9. The van der Waals surface area contributed by atoms with Gasteiger partial charge in [-0.1, -0.05) is 36.4 Å². The molecule has 0 saturated heterocycles. The first-order chi connectivity index (χ1) is 11.8. The summed E-state index contributed by atoms with van der Waals surface area (Å²) in [6.07, 6.45) is 1.81. The van der Waals surface area contributed by atoms with E-state index < -0.39 is 0 Å². The molecule has 0 spiro atoms. The Morgan fingerprint density at radius 2 is 1.54 bits per heavy atom. The van der Waals surface area contributed by atoms with Crippen LogP contribution in [0, 0.1) is 11.3 Å². The van der Waals surface area contributed by atoms with Gasteiger partial charge in [0, 0.05) is 17.1 Å². The van der Waals surface area contributed by atoms with E-state index in [1.54, 1.807) is 12.1 Å². The van der Waals surface area contributed by atoms with Gasteiger partial charge < -0.3 is 0 Å². The highest BCUT2D eigenvalue weighted by molar-refractivity contribution is 5.79. The summed E-state index contributed by atoms with van der Waals surface area (Å²) in [5.74, 6) is 0.601. The highest BCUT2D eigenvalue weighted by Gasteiger charge is 2.07. The van der Waals surface area contributed by atoms with Crippen molar-refractivity contribution in [3.8, 4) is 28.8 Å². The van der Waals surface area contributed by atoms with Crippen molar-refractivity contribution < 1.29 is 0 Å². The van der Waals surface area contributed by atoms with Crippen molar-refractivity contribution in [3.05, 3.63) is 78.5 Å². The standard InChI is InChI=1S/C20H12N4/c21-12-14-8-10-15(11-9-14)17-6-3-7-19(23-17)20-22-13-16-4-1-2-5-18(16)24-20/h1-11,13H. The maximum Gasteiger partial charge on any atom is 0.178 e. The molecule has 4 aromatic rings. The van der Waals surface area contributed by atoms with E-state index in [0.29, 0.717) is 11.4 Å². The molecule has 0 aliphatic carbocycles. The Kier molecular flexibility index (Phi) is 3.45. The Hall–Kier alpha value is -3.58. The maximum atomic E-state index is 8.90. The van der Waals surface area contributed by atoms with Crippen molar-refractivity contribution in [3.63, 3.8) is 0 Å². The van der Waals surface area contributed by atoms with Crippen LogP contribution < -0.4 is 0 Å². The van der Waals surface area contributed by atoms with Gasteiger partial charge in [0.05, 0.1) is 22.8 Å². The molecule has 0 atom stereocenters. The molecule has 112 valence electrons. The van der Waals surface area contributed by atoms with Crippen LogP contribution in [0.2, 0.25) is 0 Å². The van der Waals surface area contributed by atoms with Crippen molar-refractivity contribution >= 4 is 10.9 Å². The molecule has 0 amide bonds. The lowest BCUT2D eigenvalue weighted by molar-refractivity contribution is 1.18. The van der Waals surface area contributed by atoms with Crippen LogP contribution in [0.5, 0.6) is 0 Å². The fourth-order valence-electron chi connectivity index (χ4n) is 2.53. The fourth-order valence-corrected chi connectivity index (χ4v) is 2.53. The molecule has 0 radical (unpaired) electrons. The van der Waals surface area contributed by atoms with Gasteiger partial charge in [0.1, 0.15) is 5.69 Å². The lowest BCUT2D eigenvalue weighted by Gasteiger charge is -2.05. The minimum atomic E-state index is 0.601. The summed E-state index contributed by atoms with van der Waals surface area (Å²) in [6.45, 7) is 0. The minimum absolute atomic E-state index is 0.601. The largest absolute Gasteiger partial charge is 0.244 e. The van der Waals surface area contributed by atoms with E-state index in [0.717, 1.165) is 27.9 Å². The molecule has 2 heterocycles. The Labute approximate surface area is 139 Å². The Bertz CT molecular complexity index is 1060. The topological polar surface area (TPSA) is 62.5 Å². The number of rotatable bonds is 2. The van der Waals surface area contributed by atoms with Crippen LogP contribution in [0.4, 0.5) is 0 Å². The van der Waals surface area contributed by atoms with Gasteiger partial charge in [-0.15, -0.1) is 0 Å². The Balaban J connectivity index is 1.76. The number of pyridine rings is 1. The predicted octanol–water partition coefficient (Wildman–Crippen LogP) is 4.23. The fraction of sp³-hybridized carbons (Fsp3) is 0. The third-order valence-corrected chi connectivity index (χ3v) is 3.78. The molecule has 0 aliphatic heterocycles. The zero-order valence-electron chi connectivity index (χ0n) is 12.7. The monoisotopic (exact) mass is 308 g/mol. The minimum Gasteiger partial charge on any atom is -0.244 e. The van der Waals surface area contributed by atoms with Gasteiger partial charge in [-0.2, -0.15) is 5.26 Å². The van der Waals surface area contributed by atoms with Gasteiger partial charge in [-0.3, -0.25) is 0 Å². The number of nitrogens with zero attached hydrogens (tertiary/aromatic N) is 4. The quantitative estimate of drug-likeness (QED) is 0.556. The number of nitriles is 1. The normalized spacial score (nSPS) is 10.5. The lowest BCUT2D eigenvalue weighted by Crippen LogP contribution is -1.94. The van der Waals surface area contributed by atoms with Gasteiger partial charge in [-0.05, 0) is 30.3 Å². The van der Waals surface area contributed by atoms with Gasteiger partial charge >= 0.3 is 0 Å². The van der Waals surface area contributed by atoms with Crippen molar-refractivity contribution in [2.75, 3.05) is 0 Å². The maximum absolute atomic E-state index is 8.90. The van der Waals surface area contributed by atoms with E-state index in [-0.39, 0.29) is 0 Å². The molecule has 0 N–H and O–H groups in total. The molecule has 4 rings (SSSR count). The SMILES string of the molecule is N#Cc1ccc(-c2cccc(-c3ncc4ccccc4n3)n2)cc1. The molecule has 0 aliphatic rings. The molecule has 4 nitrogen and oxygen atoms in total. The zero-order valence-corrected chi connectivity index (χ0v) is 12.7. The molecule has 4 heteroatoms. The molecular formula is C20H12N4. The van der Waals surface area contributed by atoms with Gasteiger partial charge in [0.25, 0.3) is 0 Å². The van der Waals surface area contributed by atoms with Crippen LogP contribution in [0.3, 0.4) is 0 Å². The number of para-hydroxylation sites is 1. The first kappa shape index (κ1) is 14.0. The molecule has 0 fully saturated rings. The summed E-state index contributed by atoms with van der Waals surface area (Å²) in [6, 6.07) is 23.1. The van der Waals surface area contributed by atoms with Gasteiger partial charge in [-0.25, -0.2) is 15.0 Å². The smallest absolute Gasteiger partial charge is 0.178 e. The van der Waals surface area contributed by atoms with E-state index in [4.69, 9.17) is 5.26 Å². The third kappa shape index (κ3) is 2.59. The average molecular weight is 308 g/mol. The van der Waals surface area contributed by atoms with Crippen molar-refractivity contribution in [1.29, 1.82) is 5.26 Å². The molecule has 24 heavy (non-hydrogen) atoms. The van der Waals surface area contributed by atoms with Gasteiger partial charge in [0.15, 0.2) is 5.82 Å². The van der Waals surface area contributed by atoms with Crippen LogP contribution in [-0.2, 0) is 0 Å². The molecule has 0 saturated carbocycles. The second-order valence-corrected chi connectivity index (χ2v) is 5.35. The molecular weight excluding hydrogens is 296 g/mol. The Morgan fingerprint density at radius 3 is 2.38 bits per heavy atom. The summed E-state index contributed by atoms with van der Waals surface area (Å²) in [4.78, 5) is 13.7. The number of benzene rings is 2. The van der Waals surface area contributed by atoms with Crippen LogP contribution in [0.1, 0.15) is 5.56 Å². The van der Waals surface area contributed by atoms with Crippen LogP contribution in [0.15, 0.2) is 72.9 Å². The number of hydrogen-bond donors (Lipinski definition) is 0. The van der Waals surface area contributed by atoms with Crippen molar-refractivity contribution in [2.45, 2.75) is 0 Å². The molecule has 2 aromatic heterocycles. The second-order valence-electron chi connectivity index (χ2n) is 5.35. The summed E-state index contributed by atoms with van der Waals surface area (Å²) in [5, 5.41) is 9.90. The lowest BCUT2D eigenvalue weighted by atomic mass is 10.1. The van der Waals surface area contributed by atoms with E-state index in [1.165, 1.54) is 0 Å². The summed E-state index contributed by atoms with van der Waals surface area (Å²) in [5.41, 5.74) is 4.04. The van der Waals surface area contributed by atoms with E-state index in [1.807, 2.05) is 60.8 Å². The van der Waals surface area contributed by atoms with Crippen molar-refractivity contribution in [1.82, 2.24) is 15.0 Å². The molecule has 2 aromatic carbocycles. The highest BCUT2D eigenvalue weighted by Crippen LogP contribution is 2.22. The number of aromatic nitrogens is 3. The summed E-state index contributed by atoms with van der Waals surface area (Å²) < 4.78 is 0. The summed E-state index contributed by atoms with van der Waals surface area (Å²) >= 11 is 0. The van der Waals surface area contributed by atoms with E-state index in [2.05, 4.69) is 21.0 Å². The number of hydrogen-bond acceptors (Lipinski definition) is 4. The van der Waals surface area contributed by atoms with Crippen molar-refractivity contribution in [2.24, 2.45) is 0 Å². The first-order valence-electron chi connectivity index (χ1n) is 7.53. The third-order valence-electron chi connectivity index (χ3n) is 3.78. The average Bonchev–Trinajstić information content (AvgIpc) is 2.68. The molecule has 0 unspecified atom stereocenters. The zero-order chi connectivity index (χ0) is 16.4. The molecule has 0 bridgehead atoms. The van der Waals surface area contributed by atoms with E-state index in [9.17, 15) is 0 Å². The first-order valence-corrected chi connectivity index (χ1v) is 7.53. The number of fused-ring (bicyclic) bond motifs is 1. The van der Waals surface area contributed by atoms with Crippen LogP contribution in [0.25, 0.3) is 33.7 Å². The Morgan fingerprint density at radius 1 is 0.750 bits per heavy atom. The van der Waals surface area contributed by atoms with Gasteiger partial charge in [0.2, 0.25) is 0 Å². The van der Waals surface area contributed by atoms with Crippen LogP contribution in [-0.4, -0.2) is 15.0 Å². The summed E-state index contributed by atoms with van der Waals surface area (Å²) in [7, 11) is 0. The predicted molar refractivity (Wildman–Crippen MR) is 92.9 cm³/mol. The van der Waals surface area contributed by atoms with E-state index >= 15 is 0 Å². The van der Waals surface area contributed by atoms with Crippen LogP contribution >= 0.6 is 0 Å². The second kappa shape index (κ2) is 5.90.